The van der Waals surface area contributed by atoms with Gasteiger partial charge in [0, 0.05) is 58.1 Å². The molecule has 1 N–H and O–H groups in total. The van der Waals surface area contributed by atoms with Crippen LogP contribution in [0.5, 0.6) is 0 Å². The first-order valence-electron chi connectivity index (χ1n) is 8.80. The van der Waals surface area contributed by atoms with E-state index in [1.54, 1.807) is 0 Å². The van der Waals surface area contributed by atoms with Crippen LogP contribution in [-0.4, -0.2) is 64.3 Å². The van der Waals surface area contributed by atoms with Gasteiger partial charge >= 0.3 is 0 Å². The van der Waals surface area contributed by atoms with Crippen LogP contribution in [0.15, 0.2) is 48.9 Å². The third-order valence-electron chi connectivity index (χ3n) is 4.39. The molecule has 1 aromatic heterocycles. The second-order valence-corrected chi connectivity index (χ2v) is 6.24. The number of rotatable bonds is 6. The van der Waals surface area contributed by atoms with Crippen molar-refractivity contribution in [2.75, 3.05) is 32.7 Å². The Morgan fingerprint density at radius 1 is 1.04 bits per heavy atom. The van der Waals surface area contributed by atoms with Crippen molar-refractivity contribution in [2.24, 2.45) is 0 Å². The van der Waals surface area contributed by atoms with Gasteiger partial charge in [-0.05, 0) is 5.56 Å². The van der Waals surface area contributed by atoms with Crippen molar-refractivity contribution in [3.63, 3.8) is 0 Å². The van der Waals surface area contributed by atoms with Gasteiger partial charge in [-0.3, -0.25) is 19.5 Å². The van der Waals surface area contributed by atoms with E-state index in [9.17, 15) is 9.59 Å². The zero-order valence-corrected chi connectivity index (χ0v) is 14.7. The van der Waals surface area contributed by atoms with Crippen LogP contribution < -0.4 is 5.32 Å². The lowest BCUT2D eigenvalue weighted by Gasteiger charge is -2.34. The van der Waals surface area contributed by atoms with Crippen molar-refractivity contribution in [2.45, 2.75) is 13.0 Å². The van der Waals surface area contributed by atoms with Gasteiger partial charge in [0.2, 0.25) is 5.91 Å². The van der Waals surface area contributed by atoms with Crippen LogP contribution >= 0.6 is 0 Å². The summed E-state index contributed by atoms with van der Waals surface area (Å²) in [4.78, 5) is 36.2. The second kappa shape index (κ2) is 9.05. The molecular weight excluding hydrogens is 330 g/mol. The maximum atomic E-state index is 12.3. The van der Waals surface area contributed by atoms with Crippen molar-refractivity contribution < 1.29 is 9.59 Å². The van der Waals surface area contributed by atoms with Crippen molar-refractivity contribution >= 4 is 11.8 Å². The van der Waals surface area contributed by atoms with E-state index in [1.165, 1.54) is 24.2 Å². The molecule has 0 spiro atoms. The van der Waals surface area contributed by atoms with Crippen LogP contribution in [-0.2, 0) is 11.3 Å². The van der Waals surface area contributed by atoms with Crippen LogP contribution in [0, 0.1) is 0 Å². The summed E-state index contributed by atoms with van der Waals surface area (Å²) in [6.07, 6.45) is 4.68. The van der Waals surface area contributed by atoms with Crippen LogP contribution in [0.4, 0.5) is 0 Å². The van der Waals surface area contributed by atoms with Crippen molar-refractivity contribution in [3.8, 4) is 0 Å². The molecule has 1 aliphatic rings. The molecule has 0 radical (unpaired) electrons. The number of piperazine rings is 1. The Hall–Kier alpha value is -2.80. The molecular formula is C19H23N5O2. The van der Waals surface area contributed by atoms with Gasteiger partial charge in [0.15, 0.2) is 0 Å². The van der Waals surface area contributed by atoms with Crippen LogP contribution in [0.1, 0.15) is 22.5 Å². The first-order chi connectivity index (χ1) is 12.7. The number of nitrogens with one attached hydrogen (secondary N) is 1. The molecule has 2 amide bonds. The third kappa shape index (κ3) is 5.10. The first-order valence-corrected chi connectivity index (χ1v) is 8.80. The Labute approximate surface area is 153 Å². The molecule has 0 bridgehead atoms. The van der Waals surface area contributed by atoms with E-state index in [1.807, 2.05) is 23.1 Å². The summed E-state index contributed by atoms with van der Waals surface area (Å²) in [5.41, 5.74) is 1.55. The topological polar surface area (TPSA) is 78.4 Å². The Kier molecular flexibility index (Phi) is 6.27. The Morgan fingerprint density at radius 2 is 1.81 bits per heavy atom. The maximum absolute atomic E-state index is 12.3. The highest BCUT2D eigenvalue weighted by molar-refractivity contribution is 5.92. The van der Waals surface area contributed by atoms with Gasteiger partial charge in [-0.1, -0.05) is 30.3 Å². The lowest BCUT2D eigenvalue weighted by Crippen LogP contribution is -2.48. The van der Waals surface area contributed by atoms with E-state index < -0.39 is 0 Å². The highest BCUT2D eigenvalue weighted by Crippen LogP contribution is 2.09. The van der Waals surface area contributed by atoms with Gasteiger partial charge in [-0.25, -0.2) is 4.98 Å². The summed E-state index contributed by atoms with van der Waals surface area (Å²) in [6, 6.07) is 10.4. The van der Waals surface area contributed by atoms with E-state index in [4.69, 9.17) is 0 Å². The Morgan fingerprint density at radius 3 is 2.50 bits per heavy atom. The Bertz CT molecular complexity index is 715. The summed E-state index contributed by atoms with van der Waals surface area (Å²) in [7, 11) is 0. The number of hydrogen-bond donors (Lipinski definition) is 1. The lowest BCUT2D eigenvalue weighted by atomic mass is 10.2. The molecule has 0 aliphatic carbocycles. The minimum Gasteiger partial charge on any atom is -0.350 e. The molecule has 1 saturated heterocycles. The normalized spacial score (nSPS) is 14.8. The fraction of sp³-hybridized carbons (Fsp3) is 0.368. The molecule has 3 rings (SSSR count). The summed E-state index contributed by atoms with van der Waals surface area (Å²) in [5, 5.41) is 2.71. The average Bonchev–Trinajstić information content (AvgIpc) is 2.70. The third-order valence-corrected chi connectivity index (χ3v) is 4.39. The van der Waals surface area contributed by atoms with E-state index >= 15 is 0 Å². The number of aromatic nitrogens is 2. The fourth-order valence-corrected chi connectivity index (χ4v) is 2.94. The van der Waals surface area contributed by atoms with Crippen molar-refractivity contribution in [3.05, 3.63) is 60.2 Å². The monoisotopic (exact) mass is 353 g/mol. The summed E-state index contributed by atoms with van der Waals surface area (Å²) < 4.78 is 0. The minimum absolute atomic E-state index is 0.0730. The molecule has 7 heteroatoms. The molecule has 1 aliphatic heterocycles. The van der Waals surface area contributed by atoms with Crippen LogP contribution in [0.2, 0.25) is 0 Å². The van der Waals surface area contributed by atoms with Gasteiger partial charge < -0.3 is 10.2 Å². The highest BCUT2D eigenvalue weighted by Gasteiger charge is 2.21. The lowest BCUT2D eigenvalue weighted by molar-refractivity contribution is -0.132. The SMILES string of the molecule is O=C(NCCC(=O)N1CCN(Cc2ccccc2)CC1)c1cnccn1. The van der Waals surface area contributed by atoms with Gasteiger partial charge in [0.1, 0.15) is 5.69 Å². The highest BCUT2D eigenvalue weighted by atomic mass is 16.2. The number of benzene rings is 1. The molecule has 1 aromatic carbocycles. The van der Waals surface area contributed by atoms with E-state index in [2.05, 4.69) is 32.3 Å². The zero-order valence-electron chi connectivity index (χ0n) is 14.7. The molecule has 0 atom stereocenters. The van der Waals surface area contributed by atoms with Crippen molar-refractivity contribution in [1.29, 1.82) is 0 Å². The molecule has 1 fully saturated rings. The summed E-state index contributed by atoms with van der Waals surface area (Å²) in [5.74, 6) is -0.234. The number of amides is 2. The van der Waals surface area contributed by atoms with Gasteiger partial charge in [0.05, 0.1) is 6.20 Å². The molecule has 2 aromatic rings. The predicted octanol–water partition coefficient (Wildman–Crippen LogP) is 0.941. The largest absolute Gasteiger partial charge is 0.350 e. The average molecular weight is 353 g/mol. The second-order valence-electron chi connectivity index (χ2n) is 6.24. The van der Waals surface area contributed by atoms with E-state index in [0.29, 0.717) is 13.0 Å². The maximum Gasteiger partial charge on any atom is 0.271 e. The quantitative estimate of drug-likeness (QED) is 0.836. The number of nitrogens with zero attached hydrogens (tertiary/aromatic N) is 4. The number of carbonyl (C=O) groups excluding carboxylic acids is 2. The standard InChI is InChI=1S/C19H23N5O2/c25-18(6-7-22-19(26)17-14-20-8-9-21-17)24-12-10-23(11-13-24)15-16-4-2-1-3-5-16/h1-5,8-9,14H,6-7,10-13,15H2,(H,22,26). The van der Waals surface area contributed by atoms with E-state index in [0.717, 1.165) is 32.7 Å². The van der Waals surface area contributed by atoms with E-state index in [-0.39, 0.29) is 17.5 Å². The molecule has 0 saturated carbocycles. The number of hydrogen-bond acceptors (Lipinski definition) is 5. The van der Waals surface area contributed by atoms with Gasteiger partial charge in [-0.2, -0.15) is 0 Å². The first kappa shape index (κ1) is 18.0. The molecule has 26 heavy (non-hydrogen) atoms. The molecule has 0 unspecified atom stereocenters. The summed E-state index contributed by atoms with van der Waals surface area (Å²) in [6.45, 7) is 4.41. The molecule has 7 nitrogen and oxygen atoms in total. The van der Waals surface area contributed by atoms with Crippen molar-refractivity contribution in [1.82, 2.24) is 25.1 Å². The Balaban J connectivity index is 1.36. The fourth-order valence-electron chi connectivity index (χ4n) is 2.94. The number of carbonyl (C=O) groups is 2. The minimum atomic E-state index is -0.307. The molecule has 136 valence electrons. The predicted molar refractivity (Wildman–Crippen MR) is 97.3 cm³/mol. The van der Waals surface area contributed by atoms with Gasteiger partial charge in [-0.15, -0.1) is 0 Å². The van der Waals surface area contributed by atoms with Crippen LogP contribution in [0.25, 0.3) is 0 Å². The summed E-state index contributed by atoms with van der Waals surface area (Å²) >= 11 is 0. The smallest absolute Gasteiger partial charge is 0.271 e. The molecule has 2 heterocycles. The van der Waals surface area contributed by atoms with Gasteiger partial charge in [0.25, 0.3) is 5.91 Å². The zero-order chi connectivity index (χ0) is 18.2. The van der Waals surface area contributed by atoms with Crippen LogP contribution in [0.3, 0.4) is 0 Å².